The summed E-state index contributed by atoms with van der Waals surface area (Å²) in [5.41, 5.74) is -0.357. The van der Waals surface area contributed by atoms with E-state index in [4.69, 9.17) is 11.6 Å². The summed E-state index contributed by atoms with van der Waals surface area (Å²) in [6, 6.07) is 0.750. The van der Waals surface area contributed by atoms with Gasteiger partial charge in [0.15, 0.2) is 0 Å². The van der Waals surface area contributed by atoms with Crippen molar-refractivity contribution in [1.29, 1.82) is 0 Å². The van der Waals surface area contributed by atoms with Gasteiger partial charge in [-0.15, -0.1) is 0 Å². The molecule has 1 unspecified atom stereocenters. The quantitative estimate of drug-likeness (QED) is 0.831. The Kier molecular flexibility index (Phi) is 3.64. The lowest BCUT2D eigenvalue weighted by atomic mass is 10.2. The van der Waals surface area contributed by atoms with Crippen molar-refractivity contribution in [2.75, 3.05) is 7.05 Å². The number of nitrogens with one attached hydrogen (secondary N) is 1. The predicted molar refractivity (Wildman–Crippen MR) is 71.3 cm³/mol. The molecule has 6 heteroatoms. The molecule has 100 valence electrons. The molecule has 1 atom stereocenters. The lowest BCUT2D eigenvalue weighted by Gasteiger charge is -2.24. The maximum Gasteiger partial charge on any atom is 0.329 e. The predicted octanol–water partition coefficient (Wildman–Crippen LogP) is 0.981. The first-order chi connectivity index (χ1) is 8.41. The zero-order valence-electron chi connectivity index (χ0n) is 10.9. The number of hydrogen-bond acceptors (Lipinski definition) is 3. The first kappa shape index (κ1) is 13.4. The normalized spacial score (nSPS) is 17.2. The van der Waals surface area contributed by atoms with Crippen molar-refractivity contribution in [3.63, 3.8) is 0 Å². The van der Waals surface area contributed by atoms with Gasteiger partial charge in [0.2, 0.25) is 0 Å². The Bertz CT molecular complexity index is 559. The lowest BCUT2D eigenvalue weighted by molar-refractivity contribution is 0.222. The van der Waals surface area contributed by atoms with Gasteiger partial charge in [0.05, 0.1) is 0 Å². The number of likely N-dealkylation sites (N-methyl/N-ethyl adjacent to an activating group) is 1. The molecule has 1 aromatic rings. The Balaban J connectivity index is 2.26. The molecule has 18 heavy (non-hydrogen) atoms. The second-order valence-corrected chi connectivity index (χ2v) is 5.41. The number of rotatable bonds is 4. The van der Waals surface area contributed by atoms with Crippen molar-refractivity contribution in [3.05, 3.63) is 31.6 Å². The second-order valence-electron chi connectivity index (χ2n) is 5.03. The fourth-order valence-electron chi connectivity index (χ4n) is 2.04. The summed E-state index contributed by atoms with van der Waals surface area (Å²) in [5.74, 6) is 0. The van der Waals surface area contributed by atoms with Gasteiger partial charge in [0.1, 0.15) is 5.15 Å². The van der Waals surface area contributed by atoms with E-state index >= 15 is 0 Å². The third kappa shape index (κ3) is 2.52. The van der Waals surface area contributed by atoms with E-state index in [1.165, 1.54) is 17.4 Å². The average Bonchev–Trinajstić information content (AvgIpc) is 3.14. The summed E-state index contributed by atoms with van der Waals surface area (Å²) in [5, 5.41) is 0.129. The van der Waals surface area contributed by atoms with Crippen molar-refractivity contribution in [1.82, 2.24) is 14.5 Å². The van der Waals surface area contributed by atoms with Gasteiger partial charge in [0, 0.05) is 24.2 Å². The number of aromatic nitrogens is 2. The molecule has 0 radical (unpaired) electrons. The summed E-state index contributed by atoms with van der Waals surface area (Å²) >= 11 is 5.77. The molecule has 1 heterocycles. The molecule has 0 spiro atoms. The first-order valence-corrected chi connectivity index (χ1v) is 6.50. The highest BCUT2D eigenvalue weighted by atomic mass is 35.5. The zero-order valence-corrected chi connectivity index (χ0v) is 11.6. The molecule has 1 N–H and O–H groups in total. The van der Waals surface area contributed by atoms with Crippen LogP contribution in [0.2, 0.25) is 5.15 Å². The Labute approximate surface area is 110 Å². The van der Waals surface area contributed by atoms with Gasteiger partial charge in [-0.2, -0.15) is 0 Å². The number of halogens is 1. The maximum absolute atomic E-state index is 12.0. The highest BCUT2D eigenvalue weighted by Crippen LogP contribution is 2.27. The molecule has 5 nitrogen and oxygen atoms in total. The highest BCUT2D eigenvalue weighted by Gasteiger charge is 2.29. The number of nitrogens with zero attached hydrogens (tertiary/aromatic N) is 2. The summed E-state index contributed by atoms with van der Waals surface area (Å²) in [6.07, 6.45) is 2.40. The van der Waals surface area contributed by atoms with E-state index in [-0.39, 0.29) is 16.8 Å². The van der Waals surface area contributed by atoms with E-state index in [9.17, 15) is 9.59 Å². The minimum Gasteiger partial charge on any atom is -0.299 e. The molecule has 0 aromatic carbocycles. The fourth-order valence-corrected chi connectivity index (χ4v) is 2.21. The monoisotopic (exact) mass is 271 g/mol. The number of aromatic amines is 1. The van der Waals surface area contributed by atoms with Gasteiger partial charge in [0.25, 0.3) is 5.56 Å². The van der Waals surface area contributed by atoms with Gasteiger partial charge in [-0.25, -0.2) is 4.79 Å². The van der Waals surface area contributed by atoms with Crippen LogP contribution < -0.4 is 11.2 Å². The van der Waals surface area contributed by atoms with E-state index in [2.05, 4.69) is 9.88 Å². The molecule has 1 fully saturated rings. The van der Waals surface area contributed by atoms with E-state index in [1.54, 1.807) is 6.92 Å². The number of H-pyrrole nitrogens is 1. The van der Waals surface area contributed by atoms with Gasteiger partial charge >= 0.3 is 5.69 Å². The molecule has 1 aliphatic carbocycles. The standard InChI is InChI=1S/C12H18ClN3O2/c1-7(15(3)9-4-5-9)6-16-11(17)8(2)10(13)14-12(16)18/h7,9H,4-6H2,1-3H3,(H,14,18). The Morgan fingerprint density at radius 3 is 2.67 bits per heavy atom. The molecule has 1 aliphatic rings. The molecule has 0 saturated heterocycles. The Morgan fingerprint density at radius 1 is 1.50 bits per heavy atom. The van der Waals surface area contributed by atoms with Crippen LogP contribution in [-0.4, -0.2) is 33.6 Å². The van der Waals surface area contributed by atoms with E-state index < -0.39 is 5.69 Å². The molecular formula is C12H18ClN3O2. The van der Waals surface area contributed by atoms with Crippen LogP contribution in [0.25, 0.3) is 0 Å². The van der Waals surface area contributed by atoms with Crippen molar-refractivity contribution in [2.45, 2.75) is 45.3 Å². The van der Waals surface area contributed by atoms with Crippen molar-refractivity contribution in [3.8, 4) is 0 Å². The van der Waals surface area contributed by atoms with Gasteiger partial charge in [-0.05, 0) is 33.7 Å². The van der Waals surface area contributed by atoms with Crippen LogP contribution in [0.3, 0.4) is 0 Å². The molecule has 0 amide bonds. The zero-order chi connectivity index (χ0) is 13.4. The molecule has 1 saturated carbocycles. The van der Waals surface area contributed by atoms with Crippen molar-refractivity contribution < 1.29 is 0 Å². The van der Waals surface area contributed by atoms with E-state index in [0.717, 1.165) is 0 Å². The van der Waals surface area contributed by atoms with Crippen LogP contribution in [0.15, 0.2) is 9.59 Å². The summed E-state index contributed by atoms with van der Waals surface area (Å²) < 4.78 is 1.23. The second kappa shape index (κ2) is 4.90. The van der Waals surface area contributed by atoms with Crippen molar-refractivity contribution >= 4 is 11.6 Å². The SMILES string of the molecule is Cc1c(Cl)[nH]c(=O)n(CC(C)N(C)C2CC2)c1=O. The van der Waals surface area contributed by atoms with Crippen molar-refractivity contribution in [2.24, 2.45) is 0 Å². The molecular weight excluding hydrogens is 254 g/mol. The van der Waals surface area contributed by atoms with Gasteiger partial charge in [-0.1, -0.05) is 11.6 Å². The van der Waals surface area contributed by atoms with Crippen LogP contribution in [-0.2, 0) is 6.54 Å². The fraction of sp³-hybridized carbons (Fsp3) is 0.667. The average molecular weight is 272 g/mol. The molecule has 0 aliphatic heterocycles. The Hall–Kier alpha value is -1.07. The summed E-state index contributed by atoms with van der Waals surface area (Å²) in [6.45, 7) is 4.03. The number of hydrogen-bond donors (Lipinski definition) is 1. The van der Waals surface area contributed by atoms with Gasteiger partial charge < -0.3 is 0 Å². The maximum atomic E-state index is 12.0. The third-order valence-electron chi connectivity index (χ3n) is 3.62. The minimum absolute atomic E-state index is 0.129. The third-order valence-corrected chi connectivity index (χ3v) is 4.00. The highest BCUT2D eigenvalue weighted by molar-refractivity contribution is 6.30. The molecule has 2 rings (SSSR count). The van der Waals surface area contributed by atoms with Crippen LogP contribution in [0, 0.1) is 6.92 Å². The van der Waals surface area contributed by atoms with Crippen LogP contribution >= 0.6 is 11.6 Å². The van der Waals surface area contributed by atoms with E-state index in [1.807, 2.05) is 14.0 Å². The van der Waals surface area contributed by atoms with Crippen LogP contribution in [0.1, 0.15) is 25.3 Å². The topological polar surface area (TPSA) is 58.1 Å². The summed E-state index contributed by atoms with van der Waals surface area (Å²) in [7, 11) is 2.03. The van der Waals surface area contributed by atoms with E-state index in [0.29, 0.717) is 18.2 Å². The first-order valence-electron chi connectivity index (χ1n) is 6.13. The summed E-state index contributed by atoms with van der Waals surface area (Å²) in [4.78, 5) is 28.5. The van der Waals surface area contributed by atoms with Gasteiger partial charge in [-0.3, -0.25) is 19.2 Å². The van der Waals surface area contributed by atoms with Crippen LogP contribution in [0.5, 0.6) is 0 Å². The molecule has 0 bridgehead atoms. The largest absolute Gasteiger partial charge is 0.329 e. The lowest BCUT2D eigenvalue weighted by Crippen LogP contribution is -2.43. The minimum atomic E-state index is -0.438. The smallest absolute Gasteiger partial charge is 0.299 e. The Morgan fingerprint density at radius 2 is 2.11 bits per heavy atom. The molecule has 1 aromatic heterocycles. The van der Waals surface area contributed by atoms with Crippen LogP contribution in [0.4, 0.5) is 0 Å².